The van der Waals surface area contributed by atoms with Crippen LogP contribution in [0.25, 0.3) is 11.1 Å². The minimum atomic E-state index is -1.09. The lowest BCUT2D eigenvalue weighted by Gasteiger charge is -2.02. The number of phenolic OH excluding ortho intramolecular Hbond substituents is 1. The first-order valence-electron chi connectivity index (χ1n) is 3.98. The van der Waals surface area contributed by atoms with Gasteiger partial charge in [0.15, 0.2) is 17.4 Å². The molecular weight excluding hydrogens is 206 g/mol. The Morgan fingerprint density at radius 3 is 2.60 bits per heavy atom. The maximum atomic E-state index is 13.4. The molecule has 0 spiro atoms. The third kappa shape index (κ3) is 1.39. The smallest absolute Gasteiger partial charge is 0.230 e. The molecule has 78 valence electrons. The predicted octanol–water partition coefficient (Wildman–Crippen LogP) is 1.91. The number of aromatic nitrogens is 1. The van der Waals surface area contributed by atoms with Crippen molar-refractivity contribution < 1.29 is 18.4 Å². The molecule has 1 aromatic heterocycles. The first-order chi connectivity index (χ1) is 7.11. The van der Waals surface area contributed by atoms with Crippen molar-refractivity contribution in [1.29, 1.82) is 0 Å². The second-order valence-corrected chi connectivity index (χ2v) is 2.86. The zero-order valence-corrected chi connectivity index (χ0v) is 7.37. The van der Waals surface area contributed by atoms with Crippen LogP contribution in [0.3, 0.4) is 0 Å². The van der Waals surface area contributed by atoms with Crippen LogP contribution in [0.15, 0.2) is 22.9 Å². The van der Waals surface area contributed by atoms with Crippen LogP contribution in [-0.2, 0) is 0 Å². The molecule has 0 bridgehead atoms. The Morgan fingerprint density at radius 1 is 1.27 bits per heavy atom. The number of nitrogen functional groups attached to an aromatic ring is 1. The molecule has 0 aliphatic heterocycles. The van der Waals surface area contributed by atoms with Crippen LogP contribution in [0.4, 0.5) is 14.7 Å². The SMILES string of the molecule is Nc1oncc1-c1ccc(F)c(O)c1F. The van der Waals surface area contributed by atoms with Crippen LogP contribution in [0, 0.1) is 11.6 Å². The van der Waals surface area contributed by atoms with Crippen molar-refractivity contribution in [2.75, 3.05) is 5.73 Å². The van der Waals surface area contributed by atoms with E-state index in [4.69, 9.17) is 10.8 Å². The molecule has 3 N–H and O–H groups in total. The molecule has 15 heavy (non-hydrogen) atoms. The average molecular weight is 212 g/mol. The molecule has 1 aromatic carbocycles. The number of hydrogen-bond acceptors (Lipinski definition) is 4. The predicted molar refractivity (Wildman–Crippen MR) is 47.9 cm³/mol. The number of phenols is 1. The van der Waals surface area contributed by atoms with Crippen LogP contribution in [0.1, 0.15) is 0 Å². The lowest BCUT2D eigenvalue weighted by molar-refractivity contribution is 0.397. The van der Waals surface area contributed by atoms with Gasteiger partial charge < -0.3 is 15.4 Å². The summed E-state index contributed by atoms with van der Waals surface area (Å²) in [5.74, 6) is -3.27. The summed E-state index contributed by atoms with van der Waals surface area (Å²) in [6.45, 7) is 0. The number of hydrogen-bond donors (Lipinski definition) is 2. The van der Waals surface area contributed by atoms with Crippen LogP contribution in [0.2, 0.25) is 0 Å². The fraction of sp³-hybridized carbons (Fsp3) is 0. The van der Waals surface area contributed by atoms with Gasteiger partial charge in [-0.2, -0.15) is 0 Å². The highest BCUT2D eigenvalue weighted by Crippen LogP contribution is 2.33. The lowest BCUT2D eigenvalue weighted by atomic mass is 10.1. The molecule has 0 radical (unpaired) electrons. The van der Waals surface area contributed by atoms with Crippen LogP contribution >= 0.6 is 0 Å². The maximum Gasteiger partial charge on any atom is 0.230 e. The Balaban J connectivity index is 2.65. The molecule has 6 heteroatoms. The summed E-state index contributed by atoms with van der Waals surface area (Å²) >= 11 is 0. The highest BCUT2D eigenvalue weighted by Gasteiger charge is 2.17. The van der Waals surface area contributed by atoms with Gasteiger partial charge >= 0.3 is 0 Å². The van der Waals surface area contributed by atoms with E-state index in [-0.39, 0.29) is 17.0 Å². The minimum Gasteiger partial charge on any atom is -0.503 e. The Kier molecular flexibility index (Phi) is 2.03. The van der Waals surface area contributed by atoms with Crippen LogP contribution in [-0.4, -0.2) is 10.3 Å². The zero-order chi connectivity index (χ0) is 11.0. The average Bonchev–Trinajstić information content (AvgIpc) is 2.62. The van der Waals surface area contributed by atoms with E-state index in [1.807, 2.05) is 0 Å². The molecule has 0 fully saturated rings. The molecule has 4 nitrogen and oxygen atoms in total. The number of aromatic hydroxyl groups is 1. The van der Waals surface area contributed by atoms with E-state index in [0.717, 1.165) is 12.1 Å². The van der Waals surface area contributed by atoms with Crippen molar-refractivity contribution in [2.24, 2.45) is 0 Å². The number of benzene rings is 1. The Labute approximate surface area is 82.9 Å². The molecule has 0 saturated heterocycles. The Hall–Kier alpha value is -2.11. The third-order valence-electron chi connectivity index (χ3n) is 1.96. The lowest BCUT2D eigenvalue weighted by Crippen LogP contribution is -1.90. The molecule has 0 aliphatic carbocycles. The van der Waals surface area contributed by atoms with Gasteiger partial charge in [-0.15, -0.1) is 0 Å². The number of anilines is 1. The standard InChI is InChI=1S/C9H6F2N2O2/c10-6-2-1-4(7(11)8(6)14)5-3-13-15-9(5)12/h1-3,14H,12H2. The van der Waals surface area contributed by atoms with Crippen molar-refractivity contribution in [3.63, 3.8) is 0 Å². The van der Waals surface area contributed by atoms with Gasteiger partial charge in [0.05, 0.1) is 11.8 Å². The molecule has 1 heterocycles. The van der Waals surface area contributed by atoms with Gasteiger partial charge in [-0.1, -0.05) is 5.16 Å². The molecule has 0 atom stereocenters. The van der Waals surface area contributed by atoms with E-state index < -0.39 is 17.4 Å². The molecule has 0 aliphatic rings. The van der Waals surface area contributed by atoms with E-state index in [1.54, 1.807) is 0 Å². The third-order valence-corrected chi connectivity index (χ3v) is 1.96. The van der Waals surface area contributed by atoms with E-state index in [2.05, 4.69) is 9.68 Å². The summed E-state index contributed by atoms with van der Waals surface area (Å²) in [6.07, 6.45) is 1.19. The largest absolute Gasteiger partial charge is 0.503 e. The van der Waals surface area contributed by atoms with Gasteiger partial charge in [-0.05, 0) is 12.1 Å². The van der Waals surface area contributed by atoms with Gasteiger partial charge in [0.1, 0.15) is 0 Å². The monoisotopic (exact) mass is 212 g/mol. The molecule has 2 rings (SSSR count). The number of halogens is 2. The van der Waals surface area contributed by atoms with Gasteiger partial charge in [-0.25, -0.2) is 8.78 Å². The maximum absolute atomic E-state index is 13.4. The van der Waals surface area contributed by atoms with E-state index in [1.165, 1.54) is 6.20 Å². The second-order valence-electron chi connectivity index (χ2n) is 2.86. The van der Waals surface area contributed by atoms with Gasteiger partial charge in [-0.3, -0.25) is 0 Å². The molecule has 0 saturated carbocycles. The summed E-state index contributed by atoms with van der Waals surface area (Å²) in [5.41, 5.74) is 5.47. The summed E-state index contributed by atoms with van der Waals surface area (Å²) in [6, 6.07) is 2.08. The van der Waals surface area contributed by atoms with E-state index >= 15 is 0 Å². The summed E-state index contributed by atoms with van der Waals surface area (Å²) in [5, 5.41) is 12.4. The fourth-order valence-electron chi connectivity index (χ4n) is 1.20. The number of rotatable bonds is 1. The van der Waals surface area contributed by atoms with Crippen molar-refractivity contribution >= 4 is 5.88 Å². The van der Waals surface area contributed by atoms with Crippen molar-refractivity contribution in [3.8, 4) is 16.9 Å². The van der Waals surface area contributed by atoms with Gasteiger partial charge in [0.25, 0.3) is 0 Å². The first kappa shape index (κ1) is 9.45. The van der Waals surface area contributed by atoms with Crippen molar-refractivity contribution in [3.05, 3.63) is 30.0 Å². The van der Waals surface area contributed by atoms with Gasteiger partial charge in [0, 0.05) is 5.56 Å². The molecule has 0 unspecified atom stereocenters. The minimum absolute atomic E-state index is 0.0624. The summed E-state index contributed by atoms with van der Waals surface area (Å²) in [7, 11) is 0. The molecular formula is C9H6F2N2O2. The molecule has 2 aromatic rings. The Bertz CT molecular complexity index is 511. The normalized spacial score (nSPS) is 10.5. The van der Waals surface area contributed by atoms with Gasteiger partial charge in [0.2, 0.25) is 5.88 Å². The highest BCUT2D eigenvalue weighted by molar-refractivity contribution is 5.73. The topological polar surface area (TPSA) is 72.3 Å². The highest BCUT2D eigenvalue weighted by atomic mass is 19.1. The van der Waals surface area contributed by atoms with Crippen LogP contribution in [0.5, 0.6) is 5.75 Å². The fourth-order valence-corrected chi connectivity index (χ4v) is 1.20. The van der Waals surface area contributed by atoms with Crippen molar-refractivity contribution in [2.45, 2.75) is 0 Å². The zero-order valence-electron chi connectivity index (χ0n) is 7.37. The van der Waals surface area contributed by atoms with Crippen molar-refractivity contribution in [1.82, 2.24) is 5.16 Å². The number of nitrogens with two attached hydrogens (primary N) is 1. The van der Waals surface area contributed by atoms with E-state index in [0.29, 0.717) is 0 Å². The second kappa shape index (κ2) is 3.23. The van der Waals surface area contributed by atoms with Crippen LogP contribution < -0.4 is 5.73 Å². The molecule has 0 amide bonds. The number of nitrogens with zero attached hydrogens (tertiary/aromatic N) is 1. The summed E-state index contributed by atoms with van der Waals surface area (Å²) in [4.78, 5) is 0. The quantitative estimate of drug-likeness (QED) is 0.757. The van der Waals surface area contributed by atoms with E-state index in [9.17, 15) is 8.78 Å². The Morgan fingerprint density at radius 2 is 2.00 bits per heavy atom. The first-order valence-corrected chi connectivity index (χ1v) is 3.98. The summed E-state index contributed by atoms with van der Waals surface area (Å²) < 4.78 is 30.7.